The van der Waals surface area contributed by atoms with Crippen molar-refractivity contribution in [2.75, 3.05) is 11.9 Å². The van der Waals surface area contributed by atoms with Crippen molar-refractivity contribution in [2.45, 2.75) is 250 Å². The van der Waals surface area contributed by atoms with E-state index in [2.05, 4.69) is 17.6 Å². The number of Topliss-reactive ketones (excluding diaryl/α,β-unsaturated/α-hetero) is 2. The Morgan fingerprint density at radius 1 is 0.611 bits per heavy atom. The average molecular weight is 1490 g/mol. The van der Waals surface area contributed by atoms with Crippen molar-refractivity contribution in [3.63, 3.8) is 0 Å². The van der Waals surface area contributed by atoms with Crippen molar-refractivity contribution in [2.24, 2.45) is 16.7 Å². The van der Waals surface area contributed by atoms with Gasteiger partial charge in [0.2, 0.25) is 12.0 Å². The summed E-state index contributed by atoms with van der Waals surface area (Å²) in [5.74, 6) is -12.5. The number of aromatic carboxylic acids is 1. The number of nitrogens with one attached hydrogen (secondary N) is 2. The van der Waals surface area contributed by atoms with E-state index in [9.17, 15) is 48.6 Å². The molecule has 1 heterocycles. The van der Waals surface area contributed by atoms with E-state index < -0.39 is 162 Å². The zero-order valence-corrected chi connectivity index (χ0v) is 63.1. The summed E-state index contributed by atoms with van der Waals surface area (Å²) >= 11 is 0. The third kappa shape index (κ3) is 20.2. The number of hydrogen-bond acceptors (Lipinski definition) is 19. The van der Waals surface area contributed by atoms with Crippen LogP contribution in [0.4, 0.5) is 5.69 Å². The van der Waals surface area contributed by atoms with Crippen molar-refractivity contribution >= 4 is 70.9 Å². The zero-order chi connectivity index (χ0) is 77.8. The molecule has 22 heteroatoms. The number of ether oxygens (including phenoxy) is 7. The molecule has 22 nitrogen and oxygen atoms in total. The van der Waals surface area contributed by atoms with Crippen molar-refractivity contribution in [1.82, 2.24) is 5.32 Å². The highest BCUT2D eigenvalue weighted by atomic mass is 16.6. The van der Waals surface area contributed by atoms with Crippen LogP contribution in [0.2, 0.25) is 0 Å². The highest BCUT2D eigenvalue weighted by Crippen LogP contribution is 2.65. The maximum atomic E-state index is 16.7. The summed E-state index contributed by atoms with van der Waals surface area (Å²) in [6.45, 7) is 9.73. The Hall–Kier alpha value is -9.67. The molecule has 108 heavy (non-hydrogen) atoms. The lowest BCUT2D eigenvalue weighted by molar-refractivity contribution is -0.346. The fraction of sp³-hybridized carbons (Fsp3) is 0.500. The maximum absolute atomic E-state index is 16.7. The van der Waals surface area contributed by atoms with Crippen LogP contribution >= 0.6 is 0 Å². The first-order valence-corrected chi connectivity index (χ1v) is 38.2. The van der Waals surface area contributed by atoms with E-state index in [4.69, 9.17) is 33.2 Å². The monoisotopic (exact) mass is 1480 g/mol. The number of esters is 6. The van der Waals surface area contributed by atoms with E-state index in [0.29, 0.717) is 11.3 Å². The van der Waals surface area contributed by atoms with E-state index >= 15 is 14.4 Å². The number of rotatable bonds is 38. The molecule has 9 rings (SSSR count). The molecule has 2 bridgehead atoms. The number of carbonyl (C=O) groups is 11. The number of carboxylic acid groups (broad SMARTS) is 1. The second-order valence-electron chi connectivity index (χ2n) is 30.0. The number of carbonyl (C=O) groups excluding carboxylic acids is 10. The van der Waals surface area contributed by atoms with Gasteiger partial charge >= 0.3 is 41.8 Å². The fourth-order valence-corrected chi connectivity index (χ4v) is 16.1. The van der Waals surface area contributed by atoms with Crippen molar-refractivity contribution < 1.29 is 96.1 Å². The molecule has 4 N–H and O–H groups in total. The second kappa shape index (κ2) is 37.9. The molecule has 0 spiro atoms. The van der Waals surface area contributed by atoms with Crippen LogP contribution in [0.25, 0.3) is 0 Å². The molecule has 4 aliphatic rings. The van der Waals surface area contributed by atoms with Crippen LogP contribution in [0.15, 0.2) is 151 Å². The lowest BCUT2D eigenvalue weighted by atomic mass is 9.44. The van der Waals surface area contributed by atoms with Crippen LogP contribution in [0.1, 0.15) is 237 Å². The molecule has 1 saturated heterocycles. The van der Waals surface area contributed by atoms with Gasteiger partial charge in [-0.3, -0.25) is 38.4 Å². The molecule has 1 unspecified atom stereocenters. The number of benzene rings is 5. The van der Waals surface area contributed by atoms with E-state index in [0.717, 1.165) is 45.1 Å². The summed E-state index contributed by atoms with van der Waals surface area (Å²) < 4.78 is 44.2. The first-order chi connectivity index (χ1) is 51.7. The molecule has 1 aliphatic heterocycles. The molecule has 3 fully saturated rings. The number of unbranched alkanes of at least 4 members (excludes halogenated alkanes) is 15. The van der Waals surface area contributed by atoms with Gasteiger partial charge in [-0.2, -0.15) is 0 Å². The van der Waals surface area contributed by atoms with Crippen LogP contribution in [0, 0.1) is 16.7 Å². The van der Waals surface area contributed by atoms with Crippen LogP contribution < -0.4 is 10.6 Å². The molecule has 5 aromatic carbocycles. The molecule has 578 valence electrons. The molecule has 0 radical (unpaired) electrons. The van der Waals surface area contributed by atoms with Crippen LogP contribution in [-0.2, 0) is 84.4 Å². The Balaban J connectivity index is 1.01. The third-order valence-corrected chi connectivity index (χ3v) is 22.0. The van der Waals surface area contributed by atoms with E-state index in [1.165, 1.54) is 160 Å². The minimum atomic E-state index is -2.66. The summed E-state index contributed by atoms with van der Waals surface area (Å²) in [6.07, 6.45) is 7.10. The highest BCUT2D eigenvalue weighted by molar-refractivity contribution is 6.03. The Bertz CT molecular complexity index is 4010. The molecule has 0 aromatic heterocycles. The minimum absolute atomic E-state index is 0.00305. The van der Waals surface area contributed by atoms with E-state index in [1.807, 2.05) is 12.1 Å². The first-order valence-electron chi connectivity index (χ1n) is 38.2. The molecule has 3 aliphatic carbocycles. The Labute approximate surface area is 632 Å². The molecule has 2 saturated carbocycles. The summed E-state index contributed by atoms with van der Waals surface area (Å²) in [7, 11) is 0. The predicted octanol–water partition coefficient (Wildman–Crippen LogP) is 14.0. The SMILES string of the molecule is CCCCCCCCCCCCCCCCCCc1ccc(NC(=O)CC(=O)O[C@@H](C(=O)O[C@H]2C[C@@]3(O)[C@@H](OC(=O)c4ccccc4)[C@@H]4[C@]5(OC(C)=O)CO[C@@H]5CC(OC(=O)CCC(=O)Cc5ccc(C(=O)O)cc5)[C@@]4(C)C(=O)[C@H](OC(C)=O)C(=C2C)C3(C)C)[C@@H](NC(=O)c2ccccc2)c2ccccc2)cc1. The second-order valence-corrected chi connectivity index (χ2v) is 30.0. The normalized spacial score (nSPS) is 23.0. The smallest absolute Gasteiger partial charge is 0.350 e. The standard InChI is InChI=1S/C86H104N2O20/c1-8-9-10-11-12-13-14-15-16-17-18-19-20-21-22-26-33-58-42-46-64(47-43-58)87-69(92)52-71(94)106-75(73(60-34-27-23-28-35-60)88-79(96)61-36-29-24-30-37-61)82(100)104-66-53-86(101)78(107-81(99)63-38-31-25-32-39-63)76-84(7,77(95)74(103-56(3)89)72(55(66)2)83(86,5)6)67(51-68-85(76,54-102-68)108-57(4)90)105-70(93)49-48-65(91)50-59-40-44-62(45-41-59)80(97)98/h23-25,27-32,34-47,66-68,73-76,78,101H,8-22,26,33,48-54H2,1-7H3,(H,87,92)(H,88,96)(H,97,98)/t66-,67?,68+,73-,74+,75+,76-,78-,84+,85-,86+/m0/s1. The predicted molar refractivity (Wildman–Crippen MR) is 400 cm³/mol. The number of hydrogen-bond donors (Lipinski definition) is 4. The molecular formula is C86H104N2O20. The topological polar surface area (TPSA) is 317 Å². The van der Waals surface area contributed by atoms with Gasteiger partial charge in [-0.15, -0.1) is 0 Å². The number of ketones is 2. The van der Waals surface area contributed by atoms with Gasteiger partial charge in [0.15, 0.2) is 17.5 Å². The highest BCUT2D eigenvalue weighted by Gasteiger charge is 2.79. The lowest BCUT2D eigenvalue weighted by Crippen LogP contribution is -2.82. The number of aryl methyl sites for hydroxylation is 1. The molecule has 11 atom stereocenters. The van der Waals surface area contributed by atoms with Crippen molar-refractivity contribution in [3.8, 4) is 0 Å². The Kier molecular flexibility index (Phi) is 28.9. The number of fused-ring (bicyclic) bond motifs is 5. The minimum Gasteiger partial charge on any atom is -0.478 e. The number of amides is 2. The van der Waals surface area contributed by atoms with Crippen LogP contribution in [-0.4, -0.2) is 130 Å². The van der Waals surface area contributed by atoms with E-state index in [-0.39, 0.29) is 52.7 Å². The van der Waals surface area contributed by atoms with Gasteiger partial charge in [0.1, 0.15) is 48.3 Å². The van der Waals surface area contributed by atoms with Crippen molar-refractivity contribution in [3.05, 3.63) is 184 Å². The molecule has 2 amide bonds. The number of anilines is 1. The van der Waals surface area contributed by atoms with Gasteiger partial charge < -0.3 is 54.0 Å². The van der Waals surface area contributed by atoms with Gasteiger partial charge in [0.05, 0.1) is 35.5 Å². The maximum Gasteiger partial charge on any atom is 0.350 e. The van der Waals surface area contributed by atoms with Crippen LogP contribution in [0.5, 0.6) is 0 Å². The average Bonchev–Trinajstić information content (AvgIpc) is 0.667. The van der Waals surface area contributed by atoms with Crippen molar-refractivity contribution in [1.29, 1.82) is 0 Å². The number of carboxylic acids is 1. The summed E-state index contributed by atoms with van der Waals surface area (Å²) in [5.41, 5.74) is -6.77. The first kappa shape index (κ1) is 82.4. The third-order valence-electron chi connectivity index (χ3n) is 22.0. The summed E-state index contributed by atoms with van der Waals surface area (Å²) in [6, 6.07) is 35.0. The summed E-state index contributed by atoms with van der Waals surface area (Å²) in [5, 5.41) is 29.5. The molecular weight excluding hydrogens is 1380 g/mol. The van der Waals surface area contributed by atoms with Gasteiger partial charge in [0, 0.05) is 56.2 Å². The Morgan fingerprint density at radius 2 is 1.17 bits per heavy atom. The quantitative estimate of drug-likeness (QED) is 0.00938. The van der Waals surface area contributed by atoms with Gasteiger partial charge in [0.25, 0.3) is 5.91 Å². The van der Waals surface area contributed by atoms with Gasteiger partial charge in [-0.1, -0.05) is 208 Å². The fourth-order valence-electron chi connectivity index (χ4n) is 16.1. The molecule has 5 aromatic rings. The Morgan fingerprint density at radius 3 is 1.71 bits per heavy atom. The number of aliphatic hydroxyl groups is 1. The lowest BCUT2D eigenvalue weighted by Gasteiger charge is -2.67. The van der Waals surface area contributed by atoms with Gasteiger partial charge in [-0.25, -0.2) is 14.4 Å². The zero-order valence-electron chi connectivity index (χ0n) is 63.1. The van der Waals surface area contributed by atoms with Gasteiger partial charge in [-0.05, 0) is 103 Å². The summed E-state index contributed by atoms with van der Waals surface area (Å²) in [4.78, 5) is 157. The largest absolute Gasteiger partial charge is 0.478 e. The van der Waals surface area contributed by atoms with Crippen LogP contribution in [0.3, 0.4) is 0 Å². The van der Waals surface area contributed by atoms with E-state index in [1.54, 1.807) is 78.9 Å².